The van der Waals surface area contributed by atoms with Gasteiger partial charge in [0, 0.05) is 6.20 Å². The van der Waals surface area contributed by atoms with E-state index in [1.807, 2.05) is 0 Å². The molecule has 15 heavy (non-hydrogen) atoms. The molecule has 0 aliphatic carbocycles. The molecule has 4 unspecified atom stereocenters. The van der Waals surface area contributed by atoms with Crippen molar-refractivity contribution in [1.29, 1.82) is 0 Å². The first kappa shape index (κ1) is 10.8. The van der Waals surface area contributed by atoms with Gasteiger partial charge in [0.05, 0.1) is 11.5 Å². The Morgan fingerprint density at radius 2 is 2.20 bits per heavy atom. The van der Waals surface area contributed by atoms with Crippen LogP contribution in [0.3, 0.4) is 0 Å². The molecule has 7 heteroatoms. The second-order valence-electron chi connectivity index (χ2n) is 3.36. The van der Waals surface area contributed by atoms with Gasteiger partial charge in [0.15, 0.2) is 5.13 Å². The molecule has 1 aliphatic rings. The fraction of sp³-hybridized carbons (Fsp3) is 0.625. The van der Waals surface area contributed by atoms with Crippen molar-refractivity contribution in [2.24, 2.45) is 0 Å². The Bertz CT molecular complexity index is 345. The van der Waals surface area contributed by atoms with Crippen molar-refractivity contribution in [3.8, 4) is 0 Å². The number of hydrogen-bond donors (Lipinski definition) is 4. The third-order valence-corrected chi connectivity index (χ3v) is 3.25. The molecule has 1 aliphatic heterocycles. The van der Waals surface area contributed by atoms with Gasteiger partial charge in [-0.3, -0.25) is 0 Å². The standard InChI is InChI=1S/C8H12N2O4S/c9-8-10-1-4(15-8)7-6(13)5(12)3(2-11)14-7/h1,3,5-7,11-13H,2H2,(H2,9,10). The summed E-state index contributed by atoms with van der Waals surface area (Å²) in [4.78, 5) is 4.48. The lowest BCUT2D eigenvalue weighted by Crippen LogP contribution is -2.32. The van der Waals surface area contributed by atoms with Crippen molar-refractivity contribution in [2.45, 2.75) is 24.4 Å². The molecule has 1 saturated heterocycles. The minimum absolute atomic E-state index is 0.330. The maximum absolute atomic E-state index is 9.67. The molecule has 1 aromatic heterocycles. The normalized spacial score (nSPS) is 35.9. The van der Waals surface area contributed by atoms with Crippen molar-refractivity contribution in [2.75, 3.05) is 12.3 Å². The van der Waals surface area contributed by atoms with Gasteiger partial charge in [-0.1, -0.05) is 11.3 Å². The number of rotatable bonds is 2. The molecule has 0 amide bonds. The highest BCUT2D eigenvalue weighted by Gasteiger charge is 2.43. The number of aromatic nitrogens is 1. The molecule has 2 rings (SSSR count). The summed E-state index contributed by atoms with van der Waals surface area (Å²) < 4.78 is 5.30. The van der Waals surface area contributed by atoms with Gasteiger partial charge in [-0.2, -0.15) is 0 Å². The molecule has 1 fully saturated rings. The Hall–Kier alpha value is -0.730. The van der Waals surface area contributed by atoms with E-state index in [1.165, 1.54) is 17.5 Å². The van der Waals surface area contributed by atoms with Crippen LogP contribution in [0.2, 0.25) is 0 Å². The van der Waals surface area contributed by atoms with Gasteiger partial charge in [0.25, 0.3) is 0 Å². The van der Waals surface area contributed by atoms with Gasteiger partial charge in [-0.25, -0.2) is 4.98 Å². The van der Waals surface area contributed by atoms with Crippen LogP contribution in [0.5, 0.6) is 0 Å². The van der Waals surface area contributed by atoms with Crippen LogP contribution in [-0.2, 0) is 4.74 Å². The Kier molecular flexibility index (Phi) is 2.89. The summed E-state index contributed by atoms with van der Waals surface area (Å²) in [7, 11) is 0. The summed E-state index contributed by atoms with van der Waals surface area (Å²) in [6.07, 6.45) is -2.05. The first-order chi connectivity index (χ1) is 7.13. The average molecular weight is 232 g/mol. The van der Waals surface area contributed by atoms with Crippen LogP contribution in [0.25, 0.3) is 0 Å². The van der Waals surface area contributed by atoms with E-state index < -0.39 is 24.4 Å². The Labute approximate surface area is 89.9 Å². The van der Waals surface area contributed by atoms with E-state index in [0.29, 0.717) is 10.0 Å². The molecule has 0 saturated carbocycles. The zero-order chi connectivity index (χ0) is 11.0. The van der Waals surface area contributed by atoms with Gasteiger partial charge in [0.1, 0.15) is 24.4 Å². The number of thiazole rings is 1. The maximum atomic E-state index is 9.67. The number of hydrogen-bond acceptors (Lipinski definition) is 7. The van der Waals surface area contributed by atoms with E-state index in [-0.39, 0.29) is 6.61 Å². The zero-order valence-corrected chi connectivity index (χ0v) is 8.59. The Morgan fingerprint density at radius 3 is 2.67 bits per heavy atom. The van der Waals surface area contributed by atoms with Gasteiger partial charge in [-0.15, -0.1) is 0 Å². The predicted molar refractivity (Wildman–Crippen MR) is 53.2 cm³/mol. The second kappa shape index (κ2) is 4.03. The average Bonchev–Trinajstić information content (AvgIpc) is 2.74. The van der Waals surface area contributed by atoms with Crippen molar-refractivity contribution >= 4 is 16.5 Å². The van der Waals surface area contributed by atoms with Crippen LogP contribution in [-0.4, -0.2) is 45.2 Å². The molecule has 0 aromatic carbocycles. The van der Waals surface area contributed by atoms with E-state index in [0.717, 1.165) is 0 Å². The molecule has 0 spiro atoms. The fourth-order valence-corrected chi connectivity index (χ4v) is 2.33. The SMILES string of the molecule is Nc1ncc(C2OC(CO)C(O)C2O)s1. The summed E-state index contributed by atoms with van der Waals surface area (Å²) in [5.74, 6) is 0. The van der Waals surface area contributed by atoms with E-state index in [9.17, 15) is 10.2 Å². The van der Waals surface area contributed by atoms with Crippen molar-refractivity contribution in [3.05, 3.63) is 11.1 Å². The monoisotopic (exact) mass is 232 g/mol. The van der Waals surface area contributed by atoms with Gasteiger partial charge in [0.2, 0.25) is 0 Å². The number of nitrogens with two attached hydrogens (primary N) is 1. The van der Waals surface area contributed by atoms with Crippen molar-refractivity contribution in [1.82, 2.24) is 4.98 Å². The fourth-order valence-electron chi connectivity index (χ4n) is 1.57. The molecule has 0 radical (unpaired) electrons. The minimum atomic E-state index is -1.08. The highest BCUT2D eigenvalue weighted by molar-refractivity contribution is 7.15. The lowest BCUT2D eigenvalue weighted by atomic mass is 10.1. The molecule has 5 N–H and O–H groups in total. The highest BCUT2D eigenvalue weighted by atomic mass is 32.1. The van der Waals surface area contributed by atoms with Crippen LogP contribution >= 0.6 is 11.3 Å². The van der Waals surface area contributed by atoms with E-state index in [2.05, 4.69) is 4.98 Å². The van der Waals surface area contributed by atoms with Crippen molar-refractivity contribution < 1.29 is 20.1 Å². The smallest absolute Gasteiger partial charge is 0.180 e. The zero-order valence-electron chi connectivity index (χ0n) is 7.78. The van der Waals surface area contributed by atoms with Crippen LogP contribution in [0.4, 0.5) is 5.13 Å². The van der Waals surface area contributed by atoms with Crippen LogP contribution < -0.4 is 5.73 Å². The summed E-state index contributed by atoms with van der Waals surface area (Å²) in [5.41, 5.74) is 5.45. The largest absolute Gasteiger partial charge is 0.394 e. The molecular formula is C8H12N2O4S. The third kappa shape index (κ3) is 1.84. The topological polar surface area (TPSA) is 109 Å². The highest BCUT2D eigenvalue weighted by Crippen LogP contribution is 2.36. The first-order valence-corrected chi connectivity index (χ1v) is 5.28. The molecule has 4 atom stereocenters. The summed E-state index contributed by atoms with van der Waals surface area (Å²) in [5, 5.41) is 28.5. The lowest BCUT2D eigenvalue weighted by molar-refractivity contribution is -0.0218. The molecule has 0 bridgehead atoms. The van der Waals surface area contributed by atoms with E-state index in [1.54, 1.807) is 0 Å². The Morgan fingerprint density at radius 1 is 1.47 bits per heavy atom. The number of aliphatic hydroxyl groups is 3. The quantitative estimate of drug-likeness (QED) is 0.514. The van der Waals surface area contributed by atoms with Gasteiger partial charge >= 0.3 is 0 Å². The van der Waals surface area contributed by atoms with Gasteiger partial charge < -0.3 is 25.8 Å². The Balaban J connectivity index is 2.18. The van der Waals surface area contributed by atoms with Crippen LogP contribution in [0.1, 0.15) is 11.0 Å². The lowest BCUT2D eigenvalue weighted by Gasteiger charge is -2.11. The predicted octanol–water partition coefficient (Wildman–Crippen LogP) is -1.12. The maximum Gasteiger partial charge on any atom is 0.180 e. The number of ether oxygens (including phenoxy) is 1. The van der Waals surface area contributed by atoms with Crippen molar-refractivity contribution in [3.63, 3.8) is 0 Å². The number of nitrogen functional groups attached to an aromatic ring is 1. The summed E-state index contributed by atoms with van der Waals surface area (Å²) in [6, 6.07) is 0. The number of nitrogens with zero attached hydrogens (tertiary/aromatic N) is 1. The molecular weight excluding hydrogens is 220 g/mol. The molecule has 1 aromatic rings. The number of aliphatic hydroxyl groups excluding tert-OH is 3. The third-order valence-electron chi connectivity index (χ3n) is 2.36. The molecule has 6 nitrogen and oxygen atoms in total. The minimum Gasteiger partial charge on any atom is -0.394 e. The van der Waals surface area contributed by atoms with E-state index in [4.69, 9.17) is 15.6 Å². The van der Waals surface area contributed by atoms with Crippen LogP contribution in [0, 0.1) is 0 Å². The summed E-state index contributed by atoms with van der Waals surface area (Å²) >= 11 is 1.19. The van der Waals surface area contributed by atoms with E-state index >= 15 is 0 Å². The van der Waals surface area contributed by atoms with Gasteiger partial charge in [-0.05, 0) is 0 Å². The molecule has 2 heterocycles. The van der Waals surface area contributed by atoms with Crippen LogP contribution in [0.15, 0.2) is 6.20 Å². The first-order valence-electron chi connectivity index (χ1n) is 4.47. The second-order valence-corrected chi connectivity index (χ2v) is 4.45. The number of anilines is 1. The molecule has 84 valence electrons. The summed E-state index contributed by atoms with van der Waals surface area (Å²) in [6.45, 7) is -0.330.